The maximum atomic E-state index is 13.5. The van der Waals surface area contributed by atoms with Crippen LogP contribution in [0, 0.1) is 17.1 Å². The standard InChI is InChI=1S/C12H11ClFN3O2/c13-9-5-8(7-15)11(6-10(9)14)16-1-3-17(4-2-16)12(18)19/h5-6H,1-4H2,(H,18,19). The second kappa shape index (κ2) is 5.33. The highest BCUT2D eigenvalue weighted by Crippen LogP contribution is 2.27. The van der Waals surface area contributed by atoms with E-state index in [1.807, 2.05) is 6.07 Å². The Balaban J connectivity index is 2.22. The van der Waals surface area contributed by atoms with E-state index in [-0.39, 0.29) is 10.6 Å². The fraction of sp³-hybridized carbons (Fsp3) is 0.333. The van der Waals surface area contributed by atoms with E-state index in [4.69, 9.17) is 22.0 Å². The van der Waals surface area contributed by atoms with Gasteiger partial charge in [0.2, 0.25) is 0 Å². The van der Waals surface area contributed by atoms with Crippen molar-refractivity contribution in [2.45, 2.75) is 0 Å². The lowest BCUT2D eigenvalue weighted by molar-refractivity contribution is 0.142. The quantitative estimate of drug-likeness (QED) is 0.857. The van der Waals surface area contributed by atoms with Crippen LogP contribution in [0.25, 0.3) is 0 Å². The molecule has 0 aliphatic carbocycles. The molecule has 0 unspecified atom stereocenters. The topological polar surface area (TPSA) is 67.6 Å². The van der Waals surface area contributed by atoms with Gasteiger partial charge in [0.25, 0.3) is 0 Å². The first-order valence-corrected chi connectivity index (χ1v) is 6.02. The number of nitrogens with zero attached hydrogens (tertiary/aromatic N) is 3. The molecule has 0 atom stereocenters. The Bertz CT molecular complexity index is 551. The molecule has 0 saturated carbocycles. The zero-order chi connectivity index (χ0) is 14.0. The van der Waals surface area contributed by atoms with Crippen molar-refractivity contribution in [3.63, 3.8) is 0 Å². The van der Waals surface area contributed by atoms with Crippen LogP contribution in [0.1, 0.15) is 5.56 Å². The third kappa shape index (κ3) is 2.71. The van der Waals surface area contributed by atoms with Gasteiger partial charge in [-0.25, -0.2) is 9.18 Å². The summed E-state index contributed by atoms with van der Waals surface area (Å²) in [6, 6.07) is 4.48. The number of halogens is 2. The summed E-state index contributed by atoms with van der Waals surface area (Å²) in [5, 5.41) is 17.8. The Hall–Kier alpha value is -2.00. The first-order valence-electron chi connectivity index (χ1n) is 5.65. The second-order valence-corrected chi connectivity index (χ2v) is 4.56. The molecule has 1 amide bonds. The molecule has 1 heterocycles. The minimum absolute atomic E-state index is 0.0931. The molecule has 19 heavy (non-hydrogen) atoms. The average molecular weight is 284 g/mol. The Kier molecular flexibility index (Phi) is 3.76. The number of hydrogen-bond donors (Lipinski definition) is 1. The molecule has 0 bridgehead atoms. The van der Waals surface area contributed by atoms with Crippen LogP contribution in [0.2, 0.25) is 5.02 Å². The van der Waals surface area contributed by atoms with Gasteiger partial charge in [0, 0.05) is 32.2 Å². The maximum Gasteiger partial charge on any atom is 0.407 e. The molecule has 1 aliphatic heterocycles. The molecule has 1 N–H and O–H groups in total. The number of nitriles is 1. The van der Waals surface area contributed by atoms with E-state index in [1.165, 1.54) is 17.0 Å². The van der Waals surface area contributed by atoms with Crippen molar-refractivity contribution in [1.29, 1.82) is 5.26 Å². The van der Waals surface area contributed by atoms with Gasteiger partial charge in [-0.2, -0.15) is 5.26 Å². The largest absolute Gasteiger partial charge is 0.465 e. The van der Waals surface area contributed by atoms with Gasteiger partial charge in [-0.05, 0) is 6.07 Å². The van der Waals surface area contributed by atoms with E-state index in [0.717, 1.165) is 0 Å². The van der Waals surface area contributed by atoms with E-state index in [0.29, 0.717) is 31.9 Å². The smallest absolute Gasteiger partial charge is 0.407 e. The summed E-state index contributed by atoms with van der Waals surface area (Å²) in [4.78, 5) is 13.9. The number of carbonyl (C=O) groups is 1. The summed E-state index contributed by atoms with van der Waals surface area (Å²) in [6.07, 6.45) is -0.970. The molecular formula is C12H11ClFN3O2. The zero-order valence-corrected chi connectivity index (χ0v) is 10.7. The predicted molar refractivity (Wildman–Crippen MR) is 67.9 cm³/mol. The lowest BCUT2D eigenvalue weighted by Crippen LogP contribution is -2.48. The molecule has 0 aromatic heterocycles. The normalized spacial score (nSPS) is 15.2. The van der Waals surface area contributed by atoms with Crippen LogP contribution in [0.15, 0.2) is 12.1 Å². The van der Waals surface area contributed by atoms with Crippen molar-refractivity contribution < 1.29 is 14.3 Å². The molecule has 7 heteroatoms. The summed E-state index contributed by atoms with van der Waals surface area (Å²) < 4.78 is 13.5. The van der Waals surface area contributed by atoms with Gasteiger partial charge >= 0.3 is 6.09 Å². The lowest BCUT2D eigenvalue weighted by atomic mass is 10.1. The molecule has 1 fully saturated rings. The van der Waals surface area contributed by atoms with E-state index in [2.05, 4.69) is 0 Å². The lowest BCUT2D eigenvalue weighted by Gasteiger charge is -2.35. The van der Waals surface area contributed by atoms with Gasteiger partial charge in [0.05, 0.1) is 16.3 Å². The molecular weight excluding hydrogens is 273 g/mol. The number of hydrogen-bond acceptors (Lipinski definition) is 3. The molecule has 0 radical (unpaired) electrons. The molecule has 1 aromatic carbocycles. The Labute approximate surface area is 114 Å². The molecule has 100 valence electrons. The van der Waals surface area contributed by atoms with Crippen LogP contribution in [0.5, 0.6) is 0 Å². The number of rotatable bonds is 1. The maximum absolute atomic E-state index is 13.5. The molecule has 1 saturated heterocycles. The van der Waals surface area contributed by atoms with Gasteiger partial charge in [0.1, 0.15) is 11.9 Å². The van der Waals surface area contributed by atoms with Crippen molar-refractivity contribution >= 4 is 23.4 Å². The number of benzene rings is 1. The van der Waals surface area contributed by atoms with E-state index < -0.39 is 11.9 Å². The van der Waals surface area contributed by atoms with Crippen molar-refractivity contribution in [2.75, 3.05) is 31.1 Å². The molecule has 1 aromatic rings. The third-order valence-electron chi connectivity index (χ3n) is 3.05. The molecule has 2 rings (SSSR count). The highest BCUT2D eigenvalue weighted by Gasteiger charge is 2.23. The minimum atomic E-state index is -0.970. The Morgan fingerprint density at radius 1 is 1.37 bits per heavy atom. The van der Waals surface area contributed by atoms with Crippen LogP contribution in [-0.4, -0.2) is 42.3 Å². The van der Waals surface area contributed by atoms with Gasteiger partial charge in [-0.1, -0.05) is 11.6 Å². The monoisotopic (exact) mass is 283 g/mol. The Morgan fingerprint density at radius 2 is 2.00 bits per heavy atom. The summed E-state index contributed by atoms with van der Waals surface area (Å²) >= 11 is 5.64. The average Bonchev–Trinajstić information content (AvgIpc) is 2.41. The second-order valence-electron chi connectivity index (χ2n) is 4.15. The summed E-state index contributed by atoms with van der Waals surface area (Å²) in [6.45, 7) is 1.49. The molecule has 1 aliphatic rings. The SMILES string of the molecule is N#Cc1cc(Cl)c(F)cc1N1CCN(C(=O)O)CC1. The number of piperazine rings is 1. The first kappa shape index (κ1) is 13.4. The summed E-state index contributed by atoms with van der Waals surface area (Å²) in [5.41, 5.74) is 0.740. The van der Waals surface area contributed by atoms with Crippen molar-refractivity contribution in [1.82, 2.24) is 4.90 Å². The summed E-state index contributed by atoms with van der Waals surface area (Å²) in [5.74, 6) is -0.587. The molecule has 0 spiro atoms. The summed E-state index contributed by atoms with van der Waals surface area (Å²) in [7, 11) is 0. The van der Waals surface area contributed by atoms with Gasteiger partial charge in [-0.3, -0.25) is 0 Å². The van der Waals surface area contributed by atoms with Crippen LogP contribution in [-0.2, 0) is 0 Å². The van der Waals surface area contributed by atoms with Crippen LogP contribution >= 0.6 is 11.6 Å². The van der Waals surface area contributed by atoms with Gasteiger partial charge in [-0.15, -0.1) is 0 Å². The van der Waals surface area contributed by atoms with Gasteiger partial charge < -0.3 is 14.9 Å². The minimum Gasteiger partial charge on any atom is -0.465 e. The van der Waals surface area contributed by atoms with E-state index >= 15 is 0 Å². The van der Waals surface area contributed by atoms with Gasteiger partial charge in [0.15, 0.2) is 0 Å². The first-order chi connectivity index (χ1) is 9.02. The third-order valence-corrected chi connectivity index (χ3v) is 3.34. The van der Waals surface area contributed by atoms with Crippen LogP contribution in [0.3, 0.4) is 0 Å². The van der Waals surface area contributed by atoms with Crippen molar-refractivity contribution in [3.8, 4) is 6.07 Å². The van der Waals surface area contributed by atoms with E-state index in [1.54, 1.807) is 4.90 Å². The fourth-order valence-electron chi connectivity index (χ4n) is 2.03. The number of amides is 1. The predicted octanol–water partition coefficient (Wildman–Crippen LogP) is 2.15. The van der Waals surface area contributed by atoms with Crippen molar-refractivity contribution in [2.24, 2.45) is 0 Å². The highest BCUT2D eigenvalue weighted by molar-refractivity contribution is 6.31. The zero-order valence-electron chi connectivity index (χ0n) is 9.94. The van der Waals surface area contributed by atoms with Crippen LogP contribution in [0.4, 0.5) is 14.9 Å². The fourth-order valence-corrected chi connectivity index (χ4v) is 2.19. The van der Waals surface area contributed by atoms with E-state index in [9.17, 15) is 9.18 Å². The van der Waals surface area contributed by atoms with Crippen LogP contribution < -0.4 is 4.90 Å². The number of anilines is 1. The highest BCUT2D eigenvalue weighted by atomic mass is 35.5. The molecule has 5 nitrogen and oxygen atoms in total. The Morgan fingerprint density at radius 3 is 2.53 bits per heavy atom. The van der Waals surface area contributed by atoms with Crippen molar-refractivity contribution in [3.05, 3.63) is 28.5 Å². The number of carboxylic acid groups (broad SMARTS) is 1.